The number of rotatable bonds is 9. The minimum atomic E-state index is -1.48. The van der Waals surface area contributed by atoms with Crippen molar-refractivity contribution in [3.05, 3.63) is 58.6 Å². The monoisotopic (exact) mass is 561 g/mol. The summed E-state index contributed by atoms with van der Waals surface area (Å²) >= 11 is 0. The molecule has 4 heterocycles. The molecule has 1 aromatic carbocycles. The Morgan fingerprint density at radius 1 is 1.17 bits per heavy atom. The second kappa shape index (κ2) is 10.7. The summed E-state index contributed by atoms with van der Waals surface area (Å²) in [6, 6.07) is 6.51. The fourth-order valence-corrected chi connectivity index (χ4v) is 6.34. The predicted octanol–water partition coefficient (Wildman–Crippen LogP) is 2.33. The van der Waals surface area contributed by atoms with Gasteiger partial charge in [0.15, 0.2) is 5.54 Å². The number of likely N-dealkylation sites (tertiary alicyclic amines) is 1. The molecule has 2 saturated heterocycles. The van der Waals surface area contributed by atoms with Crippen LogP contribution in [0.15, 0.2) is 34.8 Å². The summed E-state index contributed by atoms with van der Waals surface area (Å²) in [5.74, 6) is 0.0234. The molecule has 216 valence electrons. The molecule has 1 aliphatic carbocycles. The molecular weight excluding hydrogens is 526 g/mol. The molecule has 3 atom stereocenters. The van der Waals surface area contributed by atoms with Crippen LogP contribution in [0, 0.1) is 5.92 Å². The number of urea groups is 1. The SMILES string of the molecule is COc1ccc2c(c1)C(=O)N(CCC1(c3cc4c(o3)C(C)C(C(=O)NCCN3CCCC3)C=C4)NC(=O)NC1=O)C2. The van der Waals surface area contributed by atoms with Crippen molar-refractivity contribution < 1.29 is 28.3 Å². The van der Waals surface area contributed by atoms with Gasteiger partial charge in [0.25, 0.3) is 11.8 Å². The minimum absolute atomic E-state index is 0.0677. The summed E-state index contributed by atoms with van der Waals surface area (Å²) in [6.45, 7) is 6.11. The van der Waals surface area contributed by atoms with Gasteiger partial charge < -0.3 is 29.6 Å². The quantitative estimate of drug-likeness (QED) is 0.400. The molecule has 3 N–H and O–H groups in total. The number of carbonyl (C=O) groups excluding carboxylic acids is 4. The second-order valence-electron chi connectivity index (χ2n) is 11.3. The Hall–Kier alpha value is -4.12. The summed E-state index contributed by atoms with van der Waals surface area (Å²) in [5.41, 5.74) is 0.721. The zero-order valence-corrected chi connectivity index (χ0v) is 23.3. The molecule has 11 heteroatoms. The van der Waals surface area contributed by atoms with Crippen molar-refractivity contribution in [2.45, 2.75) is 44.2 Å². The maximum absolute atomic E-state index is 13.2. The lowest BCUT2D eigenvalue weighted by molar-refractivity contribution is -0.126. The van der Waals surface area contributed by atoms with Crippen molar-refractivity contribution in [3.8, 4) is 5.75 Å². The molecule has 6 rings (SSSR count). The number of carbonyl (C=O) groups is 4. The molecule has 3 aliphatic heterocycles. The lowest BCUT2D eigenvalue weighted by Crippen LogP contribution is -2.46. The molecule has 3 unspecified atom stereocenters. The summed E-state index contributed by atoms with van der Waals surface area (Å²) in [6.07, 6.45) is 6.23. The van der Waals surface area contributed by atoms with E-state index in [1.165, 1.54) is 12.8 Å². The molecule has 2 aromatic rings. The smallest absolute Gasteiger partial charge is 0.322 e. The highest BCUT2D eigenvalue weighted by molar-refractivity contribution is 6.07. The van der Waals surface area contributed by atoms with E-state index in [4.69, 9.17) is 9.15 Å². The molecule has 0 bridgehead atoms. The Labute approximate surface area is 238 Å². The number of benzene rings is 1. The highest BCUT2D eigenvalue weighted by Crippen LogP contribution is 2.41. The number of imide groups is 1. The lowest BCUT2D eigenvalue weighted by Gasteiger charge is -2.27. The molecule has 5 amide bonds. The lowest BCUT2D eigenvalue weighted by atomic mass is 9.84. The Morgan fingerprint density at radius 3 is 2.71 bits per heavy atom. The van der Waals surface area contributed by atoms with Gasteiger partial charge in [-0.1, -0.05) is 25.1 Å². The highest BCUT2D eigenvalue weighted by atomic mass is 16.5. The van der Waals surface area contributed by atoms with E-state index in [1.54, 1.807) is 24.1 Å². The molecule has 0 radical (unpaired) electrons. The van der Waals surface area contributed by atoms with Gasteiger partial charge in [-0.15, -0.1) is 0 Å². The third-order valence-corrected chi connectivity index (χ3v) is 8.77. The molecule has 2 fully saturated rings. The van der Waals surface area contributed by atoms with Crippen LogP contribution in [-0.2, 0) is 21.7 Å². The van der Waals surface area contributed by atoms with Crippen LogP contribution in [0.4, 0.5) is 4.79 Å². The van der Waals surface area contributed by atoms with Crippen molar-refractivity contribution in [1.29, 1.82) is 0 Å². The zero-order chi connectivity index (χ0) is 28.7. The molecule has 11 nitrogen and oxygen atoms in total. The van der Waals surface area contributed by atoms with E-state index in [-0.39, 0.29) is 36.5 Å². The number of methoxy groups -OCH3 is 1. The number of nitrogens with zero attached hydrogens (tertiary/aromatic N) is 2. The molecule has 0 spiro atoms. The summed E-state index contributed by atoms with van der Waals surface area (Å²) < 4.78 is 11.5. The van der Waals surface area contributed by atoms with Crippen LogP contribution in [0.25, 0.3) is 6.08 Å². The molecule has 0 saturated carbocycles. The second-order valence-corrected chi connectivity index (χ2v) is 11.3. The Bertz CT molecular complexity index is 1430. The van der Waals surface area contributed by atoms with Crippen LogP contribution < -0.4 is 20.7 Å². The van der Waals surface area contributed by atoms with Crippen molar-refractivity contribution in [2.75, 3.05) is 39.8 Å². The first kappa shape index (κ1) is 27.1. The van der Waals surface area contributed by atoms with Crippen molar-refractivity contribution in [2.24, 2.45) is 5.92 Å². The average Bonchev–Trinajstić information content (AvgIpc) is 3.75. The third kappa shape index (κ3) is 4.88. The maximum atomic E-state index is 13.2. The largest absolute Gasteiger partial charge is 0.497 e. The van der Waals surface area contributed by atoms with E-state index in [1.807, 2.05) is 31.2 Å². The number of ether oxygens (including phenoxy) is 1. The van der Waals surface area contributed by atoms with Gasteiger partial charge >= 0.3 is 6.03 Å². The maximum Gasteiger partial charge on any atom is 0.322 e. The van der Waals surface area contributed by atoms with E-state index >= 15 is 0 Å². The Balaban J connectivity index is 1.17. The van der Waals surface area contributed by atoms with Crippen LogP contribution in [0.5, 0.6) is 5.75 Å². The van der Waals surface area contributed by atoms with Crippen LogP contribution in [0.3, 0.4) is 0 Å². The number of amides is 5. The fraction of sp³-hybridized carbons (Fsp3) is 0.467. The first-order valence-electron chi connectivity index (χ1n) is 14.2. The van der Waals surface area contributed by atoms with Gasteiger partial charge in [0.05, 0.1) is 13.0 Å². The number of furan rings is 1. The van der Waals surface area contributed by atoms with Crippen LogP contribution in [-0.4, -0.2) is 73.4 Å². The standard InChI is InChI=1S/C30H35N5O6/c1-18-22(26(36)31-10-14-34-11-3-4-12-34)8-6-19-15-24(41-25(18)19)30(28(38)32-29(39)33-30)9-13-35-17-20-5-7-21(40-2)16-23(20)27(35)37/h5-8,15-16,18,22H,3-4,9-14,17H2,1-2H3,(H,31,36)(H2,32,33,38,39). The van der Waals surface area contributed by atoms with E-state index in [2.05, 4.69) is 20.9 Å². The number of fused-ring (bicyclic) bond motifs is 2. The van der Waals surface area contributed by atoms with Crippen molar-refractivity contribution in [1.82, 2.24) is 25.8 Å². The molecular formula is C30H35N5O6. The Morgan fingerprint density at radius 2 is 1.98 bits per heavy atom. The minimum Gasteiger partial charge on any atom is -0.497 e. The van der Waals surface area contributed by atoms with E-state index in [9.17, 15) is 19.2 Å². The topological polar surface area (TPSA) is 133 Å². The molecule has 41 heavy (non-hydrogen) atoms. The average molecular weight is 562 g/mol. The van der Waals surface area contributed by atoms with Gasteiger partial charge in [-0.05, 0) is 49.7 Å². The summed E-state index contributed by atoms with van der Waals surface area (Å²) in [4.78, 5) is 55.7. The van der Waals surface area contributed by atoms with E-state index in [0.717, 1.165) is 30.8 Å². The van der Waals surface area contributed by atoms with Gasteiger partial charge in [-0.2, -0.15) is 0 Å². The zero-order valence-electron chi connectivity index (χ0n) is 23.3. The summed E-state index contributed by atoms with van der Waals surface area (Å²) in [7, 11) is 1.55. The summed E-state index contributed by atoms with van der Waals surface area (Å²) in [5, 5.41) is 8.15. The van der Waals surface area contributed by atoms with Crippen molar-refractivity contribution in [3.63, 3.8) is 0 Å². The fourth-order valence-electron chi connectivity index (χ4n) is 6.34. The van der Waals surface area contributed by atoms with Gasteiger partial charge in [0.2, 0.25) is 5.91 Å². The highest BCUT2D eigenvalue weighted by Gasteiger charge is 2.51. The normalized spacial score (nSPS) is 25.2. The van der Waals surface area contributed by atoms with Crippen molar-refractivity contribution >= 4 is 29.8 Å². The van der Waals surface area contributed by atoms with E-state index < -0.39 is 23.4 Å². The predicted molar refractivity (Wildman–Crippen MR) is 149 cm³/mol. The first-order chi connectivity index (χ1) is 19.8. The number of hydrogen-bond acceptors (Lipinski definition) is 7. The molecule has 4 aliphatic rings. The van der Waals surface area contributed by atoms with Gasteiger partial charge in [0.1, 0.15) is 17.3 Å². The van der Waals surface area contributed by atoms with Gasteiger partial charge in [-0.25, -0.2) is 4.79 Å². The Kier molecular flexibility index (Phi) is 7.06. The van der Waals surface area contributed by atoms with Crippen LogP contribution >= 0.6 is 0 Å². The molecule has 1 aromatic heterocycles. The van der Waals surface area contributed by atoms with E-state index in [0.29, 0.717) is 30.2 Å². The number of nitrogens with one attached hydrogen (secondary N) is 3. The first-order valence-corrected chi connectivity index (χ1v) is 14.2. The van der Waals surface area contributed by atoms with Gasteiger partial charge in [-0.3, -0.25) is 19.7 Å². The third-order valence-electron chi connectivity index (χ3n) is 8.77. The van der Waals surface area contributed by atoms with Crippen LogP contribution in [0.2, 0.25) is 0 Å². The number of hydrogen-bond donors (Lipinski definition) is 3. The van der Waals surface area contributed by atoms with Crippen LogP contribution in [0.1, 0.15) is 65.1 Å². The van der Waals surface area contributed by atoms with Gasteiger partial charge in [0, 0.05) is 49.6 Å².